The van der Waals surface area contributed by atoms with Gasteiger partial charge in [0.2, 0.25) is 0 Å². The maximum Gasteiger partial charge on any atom is 0.271 e. The van der Waals surface area contributed by atoms with E-state index < -0.39 is 0 Å². The minimum Gasteiger partial charge on any atom is -0.355 e. The molecule has 22 heavy (non-hydrogen) atoms. The fourth-order valence-electron chi connectivity index (χ4n) is 2.81. The minimum atomic E-state index is -0.388. The zero-order valence-electron chi connectivity index (χ0n) is 13.0. The molecule has 7 nitrogen and oxygen atoms in total. The molecule has 1 aromatic rings. The lowest BCUT2D eigenvalue weighted by Gasteiger charge is -2.37. The van der Waals surface area contributed by atoms with Crippen molar-refractivity contribution in [2.75, 3.05) is 31.2 Å². The van der Waals surface area contributed by atoms with Gasteiger partial charge in [-0.1, -0.05) is 0 Å². The lowest BCUT2D eigenvalue weighted by atomic mass is 10.0. The highest BCUT2D eigenvalue weighted by Crippen LogP contribution is 2.32. The van der Waals surface area contributed by atoms with Gasteiger partial charge >= 0.3 is 0 Å². The molecule has 2 aliphatic rings. The predicted molar refractivity (Wildman–Crippen MR) is 80.7 cm³/mol. The monoisotopic (exact) mass is 306 g/mol. The average Bonchev–Trinajstić information content (AvgIpc) is 2.96. The summed E-state index contributed by atoms with van der Waals surface area (Å²) in [5.41, 5.74) is 0.341. The van der Waals surface area contributed by atoms with Crippen LogP contribution >= 0.6 is 0 Å². The largest absolute Gasteiger partial charge is 0.355 e. The smallest absolute Gasteiger partial charge is 0.271 e. The van der Waals surface area contributed by atoms with Gasteiger partial charge in [-0.15, -0.1) is 10.2 Å². The lowest BCUT2D eigenvalue weighted by Crippen LogP contribution is -2.45. The van der Waals surface area contributed by atoms with E-state index in [1.54, 1.807) is 6.07 Å². The number of carbonyl (C=O) groups excluding carboxylic acids is 1. The molecule has 120 valence electrons. The number of aromatic nitrogens is 2. The molecule has 0 atom stereocenters. The minimum absolute atomic E-state index is 0.0821. The van der Waals surface area contributed by atoms with E-state index in [0.29, 0.717) is 18.9 Å². The molecular weight excluding hydrogens is 284 g/mol. The van der Waals surface area contributed by atoms with Crippen molar-refractivity contribution in [1.29, 1.82) is 0 Å². The number of nitrogens with one attached hydrogen (secondary N) is 1. The van der Waals surface area contributed by atoms with Crippen LogP contribution in [0.3, 0.4) is 0 Å². The second-order valence-corrected chi connectivity index (χ2v) is 6.00. The van der Waals surface area contributed by atoms with Crippen LogP contribution in [-0.2, 0) is 9.47 Å². The summed E-state index contributed by atoms with van der Waals surface area (Å²) in [5.74, 6) is 0.203. The molecule has 0 saturated carbocycles. The summed E-state index contributed by atoms with van der Waals surface area (Å²) in [5, 5.41) is 11.0. The zero-order chi connectivity index (χ0) is 15.6. The molecule has 1 spiro atoms. The third-order valence-electron chi connectivity index (χ3n) is 3.97. The highest BCUT2D eigenvalue weighted by Gasteiger charge is 2.40. The van der Waals surface area contributed by atoms with Gasteiger partial charge in [0.25, 0.3) is 5.91 Å². The van der Waals surface area contributed by atoms with Crippen molar-refractivity contribution in [2.24, 2.45) is 0 Å². The Labute approximate surface area is 130 Å². The Balaban J connectivity index is 1.60. The zero-order valence-corrected chi connectivity index (χ0v) is 13.0. The quantitative estimate of drug-likeness (QED) is 0.896. The van der Waals surface area contributed by atoms with Crippen LogP contribution in [0, 0.1) is 0 Å². The number of carbonyl (C=O) groups is 1. The maximum absolute atomic E-state index is 11.9. The summed E-state index contributed by atoms with van der Waals surface area (Å²) in [6, 6.07) is 3.64. The topological polar surface area (TPSA) is 76.6 Å². The maximum atomic E-state index is 11.9. The van der Waals surface area contributed by atoms with E-state index in [2.05, 4.69) is 20.4 Å². The number of ether oxygens (including phenoxy) is 2. The molecule has 3 heterocycles. The van der Waals surface area contributed by atoms with Crippen LogP contribution < -0.4 is 10.2 Å². The van der Waals surface area contributed by atoms with Crippen molar-refractivity contribution < 1.29 is 14.3 Å². The molecule has 2 aliphatic heterocycles. The summed E-state index contributed by atoms with van der Waals surface area (Å²) in [4.78, 5) is 14.0. The van der Waals surface area contributed by atoms with Crippen LogP contribution in [0.15, 0.2) is 12.1 Å². The predicted octanol–water partition coefficient (Wildman–Crippen LogP) is 0.958. The first-order chi connectivity index (χ1) is 10.6. The second-order valence-electron chi connectivity index (χ2n) is 6.00. The van der Waals surface area contributed by atoms with E-state index in [9.17, 15) is 4.79 Å². The van der Waals surface area contributed by atoms with E-state index in [1.165, 1.54) is 0 Å². The van der Waals surface area contributed by atoms with Gasteiger partial charge in [0, 0.05) is 32.0 Å². The number of anilines is 1. The Morgan fingerprint density at radius 1 is 1.23 bits per heavy atom. The van der Waals surface area contributed by atoms with Gasteiger partial charge in [-0.25, -0.2) is 0 Å². The van der Waals surface area contributed by atoms with Gasteiger partial charge in [0.15, 0.2) is 17.3 Å². The molecule has 3 rings (SSSR count). The highest BCUT2D eigenvalue weighted by atomic mass is 16.7. The number of amides is 1. The Morgan fingerprint density at radius 3 is 2.45 bits per heavy atom. The van der Waals surface area contributed by atoms with Crippen LogP contribution in [-0.4, -0.2) is 54.2 Å². The standard InChI is InChI=1S/C15H22N4O3/c1-11(2)16-14(20)12-3-4-13(18-17-12)19-7-5-15(6-8-19)21-9-10-22-15/h3-4,11H,5-10H2,1-2H3,(H,16,20). The Morgan fingerprint density at radius 2 is 1.91 bits per heavy atom. The summed E-state index contributed by atoms with van der Waals surface area (Å²) in [6.45, 7) is 6.81. The number of hydrogen-bond donors (Lipinski definition) is 1. The van der Waals surface area contributed by atoms with E-state index in [4.69, 9.17) is 9.47 Å². The highest BCUT2D eigenvalue weighted by molar-refractivity contribution is 5.92. The van der Waals surface area contributed by atoms with E-state index in [0.717, 1.165) is 31.7 Å². The van der Waals surface area contributed by atoms with Crippen molar-refractivity contribution in [1.82, 2.24) is 15.5 Å². The van der Waals surface area contributed by atoms with Crippen LogP contribution in [0.25, 0.3) is 0 Å². The fraction of sp³-hybridized carbons (Fsp3) is 0.667. The number of piperidine rings is 1. The summed E-state index contributed by atoms with van der Waals surface area (Å²) >= 11 is 0. The lowest BCUT2D eigenvalue weighted by molar-refractivity contribution is -0.169. The number of nitrogens with zero attached hydrogens (tertiary/aromatic N) is 3. The van der Waals surface area contributed by atoms with Gasteiger partial charge in [-0.05, 0) is 26.0 Å². The molecular formula is C15H22N4O3. The molecule has 0 radical (unpaired) electrons. The van der Waals surface area contributed by atoms with Gasteiger partial charge in [0.1, 0.15) is 0 Å². The third kappa shape index (κ3) is 3.20. The van der Waals surface area contributed by atoms with E-state index in [1.807, 2.05) is 19.9 Å². The van der Waals surface area contributed by atoms with Gasteiger partial charge in [-0.3, -0.25) is 4.79 Å². The Hall–Kier alpha value is -1.73. The van der Waals surface area contributed by atoms with Gasteiger partial charge in [0.05, 0.1) is 13.2 Å². The van der Waals surface area contributed by atoms with Gasteiger partial charge in [-0.2, -0.15) is 0 Å². The molecule has 1 N–H and O–H groups in total. The molecule has 2 fully saturated rings. The number of rotatable bonds is 3. The molecule has 1 aromatic heterocycles. The Kier molecular flexibility index (Phi) is 4.26. The van der Waals surface area contributed by atoms with Crippen molar-refractivity contribution in [3.8, 4) is 0 Å². The molecule has 0 aromatic carbocycles. The fourth-order valence-corrected chi connectivity index (χ4v) is 2.81. The first kappa shape index (κ1) is 15.2. The van der Waals surface area contributed by atoms with Crippen LogP contribution in [0.4, 0.5) is 5.82 Å². The molecule has 0 unspecified atom stereocenters. The van der Waals surface area contributed by atoms with Crippen molar-refractivity contribution >= 4 is 11.7 Å². The number of hydrogen-bond acceptors (Lipinski definition) is 6. The second kappa shape index (κ2) is 6.18. The van der Waals surface area contributed by atoms with Crippen molar-refractivity contribution in [3.05, 3.63) is 17.8 Å². The van der Waals surface area contributed by atoms with Crippen molar-refractivity contribution in [2.45, 2.75) is 38.5 Å². The van der Waals surface area contributed by atoms with E-state index >= 15 is 0 Å². The summed E-state index contributed by atoms with van der Waals surface area (Å²) in [6.07, 6.45) is 1.65. The molecule has 1 amide bonds. The van der Waals surface area contributed by atoms with Crippen LogP contribution in [0.1, 0.15) is 37.2 Å². The molecule has 7 heteroatoms. The van der Waals surface area contributed by atoms with Crippen LogP contribution in [0.2, 0.25) is 0 Å². The van der Waals surface area contributed by atoms with Crippen molar-refractivity contribution in [3.63, 3.8) is 0 Å². The van der Waals surface area contributed by atoms with E-state index in [-0.39, 0.29) is 17.7 Å². The molecule has 0 aliphatic carbocycles. The first-order valence-electron chi connectivity index (χ1n) is 7.75. The Bertz CT molecular complexity index is 516. The normalized spacial score (nSPS) is 20.6. The van der Waals surface area contributed by atoms with Crippen LogP contribution in [0.5, 0.6) is 0 Å². The molecule has 0 bridgehead atoms. The first-order valence-corrected chi connectivity index (χ1v) is 7.75. The SMILES string of the molecule is CC(C)NC(=O)c1ccc(N2CCC3(CC2)OCCO3)nn1. The molecule has 2 saturated heterocycles. The third-order valence-corrected chi connectivity index (χ3v) is 3.97. The van der Waals surface area contributed by atoms with Gasteiger partial charge < -0.3 is 19.7 Å². The average molecular weight is 306 g/mol. The summed E-state index contributed by atoms with van der Waals surface area (Å²) in [7, 11) is 0. The summed E-state index contributed by atoms with van der Waals surface area (Å²) < 4.78 is 11.4.